The van der Waals surface area contributed by atoms with Gasteiger partial charge in [-0.25, -0.2) is 9.78 Å². The van der Waals surface area contributed by atoms with E-state index < -0.39 is 10.9 Å². The standard InChI is InChI=1S/C11H9N3O4/c1-18-10(15)3-2-7-4-8-9(14(16)17)6-13-11(8)12-5-7/h2-6H,1H3,(H,12,13). The number of aromatic amines is 1. The monoisotopic (exact) mass is 247 g/mol. The van der Waals surface area contributed by atoms with Gasteiger partial charge in [0.15, 0.2) is 0 Å². The van der Waals surface area contributed by atoms with E-state index in [1.165, 1.54) is 31.7 Å². The van der Waals surface area contributed by atoms with E-state index in [-0.39, 0.29) is 5.69 Å². The molecule has 0 bridgehead atoms. The van der Waals surface area contributed by atoms with E-state index in [9.17, 15) is 14.9 Å². The number of nitro groups is 1. The number of H-pyrrole nitrogens is 1. The van der Waals surface area contributed by atoms with Crippen molar-refractivity contribution >= 4 is 28.8 Å². The number of esters is 1. The number of carbonyl (C=O) groups excluding carboxylic acids is 1. The molecule has 0 radical (unpaired) electrons. The summed E-state index contributed by atoms with van der Waals surface area (Å²) in [6.07, 6.45) is 5.49. The Balaban J connectivity index is 2.42. The maximum atomic E-state index is 10.9. The Bertz CT molecular complexity index is 645. The Morgan fingerprint density at radius 3 is 3.06 bits per heavy atom. The van der Waals surface area contributed by atoms with Gasteiger partial charge in [0.2, 0.25) is 0 Å². The van der Waals surface area contributed by atoms with Crippen LogP contribution in [0.1, 0.15) is 5.56 Å². The summed E-state index contributed by atoms with van der Waals surface area (Å²) < 4.78 is 4.45. The predicted octanol–water partition coefficient (Wildman–Crippen LogP) is 1.66. The van der Waals surface area contributed by atoms with E-state index in [1.807, 2.05) is 0 Å². The fourth-order valence-corrected chi connectivity index (χ4v) is 1.48. The summed E-state index contributed by atoms with van der Waals surface area (Å²) in [6, 6.07) is 1.58. The molecule has 7 heteroatoms. The van der Waals surface area contributed by atoms with E-state index in [1.54, 1.807) is 6.07 Å². The van der Waals surface area contributed by atoms with Gasteiger partial charge in [0.1, 0.15) is 5.65 Å². The molecule has 2 heterocycles. The SMILES string of the molecule is COC(=O)C=Cc1cnc2[nH]cc([N+](=O)[O-])c2c1. The molecule has 0 saturated heterocycles. The normalized spacial score (nSPS) is 10.9. The second-order valence-corrected chi connectivity index (χ2v) is 3.45. The van der Waals surface area contributed by atoms with Crippen molar-refractivity contribution in [1.82, 2.24) is 9.97 Å². The first-order valence-electron chi connectivity index (χ1n) is 4.99. The Kier molecular flexibility index (Phi) is 3.05. The van der Waals surface area contributed by atoms with Crippen LogP contribution < -0.4 is 0 Å². The number of carbonyl (C=O) groups is 1. The minimum atomic E-state index is -0.501. The van der Waals surface area contributed by atoms with Gasteiger partial charge >= 0.3 is 5.97 Å². The van der Waals surface area contributed by atoms with Crippen molar-refractivity contribution in [3.05, 3.63) is 40.2 Å². The summed E-state index contributed by atoms with van der Waals surface area (Å²) in [4.78, 5) is 27.9. The molecule has 0 aromatic carbocycles. The van der Waals surface area contributed by atoms with Crippen LogP contribution in [0.25, 0.3) is 17.1 Å². The number of nitrogens with zero attached hydrogens (tertiary/aromatic N) is 2. The van der Waals surface area contributed by atoms with E-state index in [0.717, 1.165) is 0 Å². The second-order valence-electron chi connectivity index (χ2n) is 3.45. The number of nitrogens with one attached hydrogen (secondary N) is 1. The molecular formula is C11H9N3O4. The van der Waals surface area contributed by atoms with Crippen LogP contribution in [0, 0.1) is 10.1 Å². The third kappa shape index (κ3) is 2.19. The van der Waals surface area contributed by atoms with Crippen LogP contribution in [-0.2, 0) is 9.53 Å². The first-order chi connectivity index (χ1) is 8.61. The van der Waals surface area contributed by atoms with Crippen LogP contribution in [0.15, 0.2) is 24.5 Å². The lowest BCUT2D eigenvalue weighted by Gasteiger charge is -1.94. The zero-order chi connectivity index (χ0) is 13.1. The number of fused-ring (bicyclic) bond motifs is 1. The van der Waals surface area contributed by atoms with Gasteiger partial charge < -0.3 is 9.72 Å². The van der Waals surface area contributed by atoms with Gasteiger partial charge in [-0.05, 0) is 17.7 Å². The van der Waals surface area contributed by atoms with Gasteiger partial charge in [-0.2, -0.15) is 0 Å². The van der Waals surface area contributed by atoms with Crippen LogP contribution in [0.3, 0.4) is 0 Å². The van der Waals surface area contributed by atoms with Gasteiger partial charge in [0, 0.05) is 12.3 Å². The number of aromatic nitrogens is 2. The zero-order valence-electron chi connectivity index (χ0n) is 9.41. The molecule has 0 saturated carbocycles. The highest BCUT2D eigenvalue weighted by Gasteiger charge is 2.14. The topological polar surface area (TPSA) is 98.1 Å². The highest BCUT2D eigenvalue weighted by molar-refractivity contribution is 5.90. The van der Waals surface area contributed by atoms with Gasteiger partial charge in [-0.1, -0.05) is 0 Å². The lowest BCUT2D eigenvalue weighted by atomic mass is 10.2. The summed E-state index contributed by atoms with van der Waals surface area (Å²) in [5, 5.41) is 11.2. The zero-order valence-corrected chi connectivity index (χ0v) is 9.41. The first kappa shape index (κ1) is 11.8. The molecule has 0 unspecified atom stereocenters. The molecule has 0 amide bonds. The predicted molar refractivity (Wildman–Crippen MR) is 63.8 cm³/mol. The van der Waals surface area contributed by atoms with Gasteiger partial charge in [0.25, 0.3) is 5.69 Å². The van der Waals surface area contributed by atoms with Crippen molar-refractivity contribution in [2.45, 2.75) is 0 Å². The van der Waals surface area contributed by atoms with Gasteiger partial charge in [-0.15, -0.1) is 0 Å². The smallest absolute Gasteiger partial charge is 0.330 e. The first-order valence-corrected chi connectivity index (χ1v) is 4.99. The summed E-state index contributed by atoms with van der Waals surface area (Å²) in [7, 11) is 1.27. The Morgan fingerprint density at radius 2 is 2.39 bits per heavy atom. The third-order valence-corrected chi connectivity index (χ3v) is 2.34. The summed E-state index contributed by atoms with van der Waals surface area (Å²) in [6.45, 7) is 0. The summed E-state index contributed by atoms with van der Waals surface area (Å²) in [5.74, 6) is -0.501. The molecule has 0 aliphatic heterocycles. The van der Waals surface area contributed by atoms with Gasteiger partial charge in [0.05, 0.1) is 23.6 Å². The summed E-state index contributed by atoms with van der Waals surface area (Å²) in [5.41, 5.74) is 0.957. The summed E-state index contributed by atoms with van der Waals surface area (Å²) >= 11 is 0. The Morgan fingerprint density at radius 1 is 1.61 bits per heavy atom. The molecule has 2 aromatic heterocycles. The number of methoxy groups -OCH3 is 1. The molecule has 2 aromatic rings. The highest BCUT2D eigenvalue weighted by atomic mass is 16.6. The highest BCUT2D eigenvalue weighted by Crippen LogP contribution is 2.24. The third-order valence-electron chi connectivity index (χ3n) is 2.34. The molecule has 92 valence electrons. The molecule has 2 rings (SSSR count). The molecule has 0 aliphatic carbocycles. The van der Waals surface area contributed by atoms with Crippen LogP contribution in [0.2, 0.25) is 0 Å². The van der Waals surface area contributed by atoms with Crippen molar-refractivity contribution in [3.8, 4) is 0 Å². The lowest BCUT2D eigenvalue weighted by Crippen LogP contribution is -1.93. The number of rotatable bonds is 3. The fraction of sp³-hybridized carbons (Fsp3) is 0.0909. The van der Waals surface area contributed by atoms with Crippen LogP contribution in [-0.4, -0.2) is 28.0 Å². The van der Waals surface area contributed by atoms with E-state index in [0.29, 0.717) is 16.6 Å². The number of hydrogen-bond acceptors (Lipinski definition) is 5. The largest absolute Gasteiger partial charge is 0.466 e. The van der Waals surface area contributed by atoms with E-state index >= 15 is 0 Å². The number of ether oxygens (including phenoxy) is 1. The molecule has 1 N–H and O–H groups in total. The maximum absolute atomic E-state index is 10.9. The number of hydrogen-bond donors (Lipinski definition) is 1. The lowest BCUT2D eigenvalue weighted by molar-refractivity contribution is -0.383. The fourth-order valence-electron chi connectivity index (χ4n) is 1.48. The Labute approximate surface area is 101 Å². The minimum Gasteiger partial charge on any atom is -0.466 e. The van der Waals surface area contributed by atoms with Gasteiger partial charge in [-0.3, -0.25) is 10.1 Å². The minimum absolute atomic E-state index is 0.0502. The molecular weight excluding hydrogens is 238 g/mol. The van der Waals surface area contributed by atoms with E-state index in [2.05, 4.69) is 14.7 Å². The average Bonchev–Trinajstić information content (AvgIpc) is 2.78. The molecule has 18 heavy (non-hydrogen) atoms. The number of pyridine rings is 1. The van der Waals surface area contributed by atoms with Crippen molar-refractivity contribution in [2.75, 3.05) is 7.11 Å². The average molecular weight is 247 g/mol. The quantitative estimate of drug-likeness (QED) is 0.385. The van der Waals surface area contributed by atoms with Crippen LogP contribution in [0.4, 0.5) is 5.69 Å². The molecule has 0 fully saturated rings. The van der Waals surface area contributed by atoms with Crippen LogP contribution >= 0.6 is 0 Å². The van der Waals surface area contributed by atoms with Crippen molar-refractivity contribution in [2.24, 2.45) is 0 Å². The Hall–Kier alpha value is -2.70. The van der Waals surface area contributed by atoms with Crippen molar-refractivity contribution in [1.29, 1.82) is 0 Å². The molecule has 0 atom stereocenters. The molecule has 0 spiro atoms. The molecule has 7 nitrogen and oxygen atoms in total. The van der Waals surface area contributed by atoms with Crippen molar-refractivity contribution in [3.63, 3.8) is 0 Å². The van der Waals surface area contributed by atoms with Crippen LogP contribution in [0.5, 0.6) is 0 Å². The van der Waals surface area contributed by atoms with E-state index in [4.69, 9.17) is 0 Å². The molecule has 0 aliphatic rings. The van der Waals surface area contributed by atoms with Crippen molar-refractivity contribution < 1.29 is 14.5 Å². The second kappa shape index (κ2) is 4.66. The maximum Gasteiger partial charge on any atom is 0.330 e.